The van der Waals surface area contributed by atoms with E-state index in [0.29, 0.717) is 11.6 Å². The first kappa shape index (κ1) is 22.7. The maximum atomic E-state index is 13.0. The minimum Gasteiger partial charge on any atom is -0.343 e. The quantitative estimate of drug-likeness (QED) is 0.454. The van der Waals surface area contributed by atoms with E-state index in [0.717, 1.165) is 21.4 Å². The highest BCUT2D eigenvalue weighted by atomic mass is 32.1. The van der Waals surface area contributed by atoms with Crippen LogP contribution in [0, 0.1) is 5.92 Å². The molecule has 0 aliphatic heterocycles. The van der Waals surface area contributed by atoms with Gasteiger partial charge in [0.25, 0.3) is 5.56 Å². The van der Waals surface area contributed by atoms with Crippen LogP contribution in [0.4, 0.5) is 0 Å². The van der Waals surface area contributed by atoms with Crippen molar-refractivity contribution < 1.29 is 4.79 Å². The van der Waals surface area contributed by atoms with Crippen molar-refractivity contribution in [1.29, 1.82) is 0 Å². The third-order valence-corrected chi connectivity index (χ3v) is 6.53. The summed E-state index contributed by atoms with van der Waals surface area (Å²) in [5, 5.41) is 4.97. The highest BCUT2D eigenvalue weighted by Crippen LogP contribution is 2.26. The molecule has 0 saturated heterocycles. The number of hydrogen-bond acceptors (Lipinski definition) is 5. The van der Waals surface area contributed by atoms with Crippen LogP contribution in [0.3, 0.4) is 0 Å². The molecule has 0 aliphatic rings. The molecule has 1 unspecified atom stereocenters. The zero-order valence-electron chi connectivity index (χ0n) is 19.1. The molecule has 4 rings (SSSR count). The first-order valence-electron chi connectivity index (χ1n) is 10.8. The number of rotatable bonds is 7. The highest BCUT2D eigenvalue weighted by molar-refractivity contribution is 7.10. The molecular weight excluding hydrogens is 438 g/mol. The van der Waals surface area contributed by atoms with Crippen molar-refractivity contribution in [3.05, 3.63) is 84.9 Å². The van der Waals surface area contributed by atoms with Crippen molar-refractivity contribution in [1.82, 2.24) is 24.0 Å². The monoisotopic (exact) mass is 465 g/mol. The van der Waals surface area contributed by atoms with Gasteiger partial charge in [0.15, 0.2) is 11.2 Å². The lowest BCUT2D eigenvalue weighted by Crippen LogP contribution is -2.44. The van der Waals surface area contributed by atoms with Gasteiger partial charge in [-0.15, -0.1) is 11.3 Å². The molecule has 8 nitrogen and oxygen atoms in total. The van der Waals surface area contributed by atoms with Gasteiger partial charge in [0.05, 0.1) is 12.4 Å². The molecule has 0 saturated carbocycles. The normalized spacial score (nSPS) is 12.4. The lowest BCUT2D eigenvalue weighted by Gasteiger charge is -2.19. The van der Waals surface area contributed by atoms with Crippen LogP contribution >= 0.6 is 11.3 Å². The zero-order valence-corrected chi connectivity index (χ0v) is 19.9. The second kappa shape index (κ2) is 9.19. The molecule has 1 amide bonds. The van der Waals surface area contributed by atoms with E-state index in [4.69, 9.17) is 0 Å². The number of thiophene rings is 1. The first-order chi connectivity index (χ1) is 15.8. The van der Waals surface area contributed by atoms with Gasteiger partial charge in [-0.1, -0.05) is 44.2 Å². The Bertz CT molecular complexity index is 1400. The van der Waals surface area contributed by atoms with Crippen LogP contribution in [-0.4, -0.2) is 24.6 Å². The van der Waals surface area contributed by atoms with Crippen LogP contribution < -0.4 is 16.6 Å². The lowest BCUT2D eigenvalue weighted by molar-refractivity contribution is -0.122. The van der Waals surface area contributed by atoms with E-state index in [1.54, 1.807) is 30.0 Å². The summed E-state index contributed by atoms with van der Waals surface area (Å²) in [6, 6.07) is 11.7. The van der Waals surface area contributed by atoms with E-state index < -0.39 is 17.2 Å². The Labute approximate surface area is 195 Å². The van der Waals surface area contributed by atoms with Crippen molar-refractivity contribution in [2.45, 2.75) is 32.9 Å². The van der Waals surface area contributed by atoms with Gasteiger partial charge in [0.1, 0.15) is 6.54 Å². The van der Waals surface area contributed by atoms with E-state index in [-0.39, 0.29) is 18.1 Å². The number of amides is 1. The van der Waals surface area contributed by atoms with E-state index in [1.165, 1.54) is 16.5 Å². The molecule has 33 heavy (non-hydrogen) atoms. The molecule has 172 valence electrons. The molecule has 3 aromatic heterocycles. The van der Waals surface area contributed by atoms with Gasteiger partial charge in [-0.3, -0.25) is 14.2 Å². The summed E-state index contributed by atoms with van der Waals surface area (Å²) in [6.45, 7) is 3.98. The van der Waals surface area contributed by atoms with Crippen molar-refractivity contribution in [2.75, 3.05) is 0 Å². The molecule has 1 N–H and O–H groups in total. The number of hydrogen-bond donors (Lipinski definition) is 1. The van der Waals surface area contributed by atoms with Crippen LogP contribution in [0.1, 0.15) is 35.9 Å². The average Bonchev–Trinajstić information content (AvgIpc) is 3.44. The molecule has 3 heterocycles. The summed E-state index contributed by atoms with van der Waals surface area (Å²) in [6.07, 6.45) is 2.46. The third-order valence-electron chi connectivity index (χ3n) is 5.59. The van der Waals surface area contributed by atoms with Crippen LogP contribution in [0.5, 0.6) is 0 Å². The molecule has 0 aliphatic carbocycles. The number of nitrogens with one attached hydrogen (secondary N) is 1. The average molecular weight is 466 g/mol. The fourth-order valence-corrected chi connectivity index (χ4v) is 4.78. The zero-order chi connectivity index (χ0) is 23.7. The molecule has 0 bridgehead atoms. The molecule has 0 radical (unpaired) electrons. The Balaban J connectivity index is 1.63. The van der Waals surface area contributed by atoms with Crippen LogP contribution in [-0.2, 0) is 31.9 Å². The summed E-state index contributed by atoms with van der Waals surface area (Å²) in [7, 11) is 3.22. The van der Waals surface area contributed by atoms with Gasteiger partial charge in [0.2, 0.25) is 5.91 Å². The summed E-state index contributed by atoms with van der Waals surface area (Å²) >= 11 is 1.54. The maximum absolute atomic E-state index is 13.0. The standard InChI is InChI=1S/C24H27N5O3S/c1-15(2)12-16-7-9-17(10-8-16)20(18-6-5-11-33-18)26-19(30)13-29-23(31)21-22(25-14-27(21)3)28(4)24(29)32/h5-11,14-15,20H,12-13H2,1-4H3,(H,26,30). The lowest BCUT2D eigenvalue weighted by atomic mass is 9.99. The smallest absolute Gasteiger partial charge is 0.332 e. The Kier molecular flexibility index (Phi) is 6.33. The van der Waals surface area contributed by atoms with Gasteiger partial charge >= 0.3 is 5.69 Å². The molecule has 1 atom stereocenters. The molecule has 4 aromatic rings. The van der Waals surface area contributed by atoms with Crippen LogP contribution in [0.15, 0.2) is 57.7 Å². The van der Waals surface area contributed by atoms with Crippen LogP contribution in [0.2, 0.25) is 0 Å². The highest BCUT2D eigenvalue weighted by Gasteiger charge is 2.21. The molecule has 1 aromatic carbocycles. The van der Waals surface area contributed by atoms with Crippen LogP contribution in [0.25, 0.3) is 11.2 Å². The van der Waals surface area contributed by atoms with Crippen molar-refractivity contribution >= 4 is 28.4 Å². The number of imidazole rings is 1. The Hall–Kier alpha value is -3.46. The number of fused-ring (bicyclic) bond motifs is 1. The number of aryl methyl sites for hydroxylation is 2. The summed E-state index contributed by atoms with van der Waals surface area (Å²) in [5.41, 5.74) is 1.65. The number of aromatic nitrogens is 4. The first-order valence-corrected chi connectivity index (χ1v) is 11.7. The Morgan fingerprint density at radius 1 is 1.12 bits per heavy atom. The minimum absolute atomic E-state index is 0.278. The second-order valence-electron chi connectivity index (χ2n) is 8.62. The van der Waals surface area contributed by atoms with Gasteiger partial charge in [-0.2, -0.15) is 0 Å². The topological polar surface area (TPSA) is 90.9 Å². The predicted octanol–water partition coefficient (Wildman–Crippen LogP) is 2.60. The number of benzene rings is 1. The molecule has 9 heteroatoms. The summed E-state index contributed by atoms with van der Waals surface area (Å²) in [5.74, 6) is 0.140. The fraction of sp³-hybridized carbons (Fsp3) is 0.333. The van der Waals surface area contributed by atoms with Crippen molar-refractivity contribution in [2.24, 2.45) is 20.0 Å². The summed E-state index contributed by atoms with van der Waals surface area (Å²) < 4.78 is 3.80. The summed E-state index contributed by atoms with van der Waals surface area (Å²) in [4.78, 5) is 43.8. The molecular formula is C24H27N5O3S. The van der Waals surface area contributed by atoms with E-state index in [9.17, 15) is 14.4 Å². The third kappa shape index (κ3) is 4.54. The minimum atomic E-state index is -0.577. The van der Waals surface area contributed by atoms with Crippen molar-refractivity contribution in [3.8, 4) is 0 Å². The molecule has 0 spiro atoms. The van der Waals surface area contributed by atoms with Gasteiger partial charge in [-0.05, 0) is 34.9 Å². The van der Waals surface area contributed by atoms with Gasteiger partial charge in [0, 0.05) is 19.0 Å². The van der Waals surface area contributed by atoms with E-state index in [2.05, 4.69) is 36.3 Å². The maximum Gasteiger partial charge on any atom is 0.332 e. The van der Waals surface area contributed by atoms with Gasteiger partial charge in [-0.25, -0.2) is 14.3 Å². The fourth-order valence-electron chi connectivity index (χ4n) is 3.98. The number of carbonyl (C=O) groups excluding carboxylic acids is 1. The van der Waals surface area contributed by atoms with E-state index >= 15 is 0 Å². The number of nitrogens with zero attached hydrogens (tertiary/aromatic N) is 4. The second-order valence-corrected chi connectivity index (χ2v) is 9.60. The predicted molar refractivity (Wildman–Crippen MR) is 130 cm³/mol. The Morgan fingerprint density at radius 3 is 2.48 bits per heavy atom. The largest absolute Gasteiger partial charge is 0.343 e. The Morgan fingerprint density at radius 2 is 1.85 bits per heavy atom. The molecule has 0 fully saturated rings. The van der Waals surface area contributed by atoms with E-state index in [1.807, 2.05) is 29.6 Å². The van der Waals surface area contributed by atoms with Crippen molar-refractivity contribution in [3.63, 3.8) is 0 Å². The SMILES string of the molecule is CC(C)Cc1ccc(C(NC(=O)Cn2c(=O)c3c(ncn3C)n(C)c2=O)c2cccs2)cc1. The number of carbonyl (C=O) groups is 1. The van der Waals surface area contributed by atoms with Gasteiger partial charge < -0.3 is 9.88 Å².